The van der Waals surface area contributed by atoms with Gasteiger partial charge < -0.3 is 19.3 Å². The average Bonchev–Trinajstić information content (AvgIpc) is 3.40. The molecule has 0 aliphatic carbocycles. The van der Waals surface area contributed by atoms with E-state index in [0.717, 1.165) is 65.3 Å². The summed E-state index contributed by atoms with van der Waals surface area (Å²) in [5.41, 5.74) is 4.06. The topological polar surface area (TPSA) is 68.5 Å². The van der Waals surface area contributed by atoms with E-state index in [-0.39, 0.29) is 0 Å². The number of fused-ring (bicyclic) bond motifs is 2. The van der Waals surface area contributed by atoms with Crippen LogP contribution in [-0.2, 0) is 4.74 Å². The first kappa shape index (κ1) is 24.2. The third-order valence-electron chi connectivity index (χ3n) is 7.37. The second-order valence-electron chi connectivity index (χ2n) is 9.64. The van der Waals surface area contributed by atoms with Gasteiger partial charge in [-0.1, -0.05) is 18.2 Å². The summed E-state index contributed by atoms with van der Waals surface area (Å²) in [5.74, 6) is 2.67. The zero-order chi connectivity index (χ0) is 25.9. The Labute approximate surface area is 222 Å². The number of imidazole rings is 1. The molecule has 0 radical (unpaired) electrons. The number of anilines is 2. The van der Waals surface area contributed by atoms with E-state index in [1.54, 1.807) is 7.11 Å². The maximum atomic E-state index is 5.76. The van der Waals surface area contributed by atoms with Crippen molar-refractivity contribution in [2.45, 2.75) is 18.9 Å². The predicted molar refractivity (Wildman–Crippen MR) is 152 cm³/mol. The van der Waals surface area contributed by atoms with Crippen molar-refractivity contribution >= 4 is 33.4 Å². The van der Waals surface area contributed by atoms with E-state index < -0.39 is 0 Å². The lowest BCUT2D eigenvalue weighted by atomic mass is 10.0. The maximum absolute atomic E-state index is 5.76. The molecule has 2 aromatic carbocycles. The Kier molecular flexibility index (Phi) is 6.79. The molecular formula is C30H32N6O2. The first-order chi connectivity index (χ1) is 18.7. The van der Waals surface area contributed by atoms with Gasteiger partial charge in [0.05, 0.1) is 28.8 Å². The summed E-state index contributed by atoms with van der Waals surface area (Å²) in [6.45, 7) is 3.02. The molecule has 38 heavy (non-hydrogen) atoms. The normalized spacial score (nSPS) is 14.3. The molecule has 8 heteroatoms. The molecule has 4 heterocycles. The van der Waals surface area contributed by atoms with Gasteiger partial charge in [-0.3, -0.25) is 4.57 Å². The van der Waals surface area contributed by atoms with Crippen molar-refractivity contribution in [3.05, 3.63) is 79.3 Å². The highest BCUT2D eigenvalue weighted by atomic mass is 16.5. The van der Waals surface area contributed by atoms with Crippen molar-refractivity contribution in [2.75, 3.05) is 50.3 Å². The average molecular weight is 509 g/mol. The van der Waals surface area contributed by atoms with Gasteiger partial charge in [-0.25, -0.2) is 15.0 Å². The molecule has 6 rings (SSSR count). The second-order valence-corrected chi connectivity index (χ2v) is 9.64. The van der Waals surface area contributed by atoms with Gasteiger partial charge in [0, 0.05) is 50.9 Å². The Bertz CT molecular complexity index is 1530. The van der Waals surface area contributed by atoms with Crippen LogP contribution >= 0.6 is 0 Å². The number of hydrogen-bond acceptors (Lipinski definition) is 7. The quantitative estimate of drug-likeness (QED) is 0.270. The van der Waals surface area contributed by atoms with Crippen LogP contribution in [0.3, 0.4) is 0 Å². The summed E-state index contributed by atoms with van der Waals surface area (Å²) in [5, 5.41) is 1.14. The minimum absolute atomic E-state index is 0.473. The number of ether oxygens (including phenoxy) is 2. The van der Waals surface area contributed by atoms with Gasteiger partial charge in [0.1, 0.15) is 30.3 Å². The highest BCUT2D eigenvalue weighted by Gasteiger charge is 2.24. The van der Waals surface area contributed by atoms with Crippen LogP contribution < -0.4 is 14.5 Å². The summed E-state index contributed by atoms with van der Waals surface area (Å²) in [4.78, 5) is 19.1. The number of piperidine rings is 1. The Morgan fingerprint density at radius 1 is 0.947 bits per heavy atom. The molecule has 0 amide bonds. The zero-order valence-corrected chi connectivity index (χ0v) is 21.8. The van der Waals surface area contributed by atoms with Crippen LogP contribution in [-0.4, -0.2) is 66.0 Å². The predicted octanol–water partition coefficient (Wildman–Crippen LogP) is 5.10. The molecule has 0 saturated carbocycles. The Balaban J connectivity index is 1.24. The summed E-state index contributed by atoms with van der Waals surface area (Å²) < 4.78 is 12.9. The Morgan fingerprint density at radius 3 is 2.66 bits per heavy atom. The number of benzene rings is 2. The number of pyridine rings is 2. The molecule has 0 spiro atoms. The minimum Gasteiger partial charge on any atom is -0.491 e. The van der Waals surface area contributed by atoms with Crippen molar-refractivity contribution in [2.24, 2.45) is 0 Å². The van der Waals surface area contributed by atoms with E-state index in [1.807, 2.05) is 47.4 Å². The number of rotatable bonds is 8. The van der Waals surface area contributed by atoms with E-state index in [0.29, 0.717) is 19.3 Å². The van der Waals surface area contributed by atoms with Crippen molar-refractivity contribution in [3.8, 4) is 11.6 Å². The fraction of sp³-hybridized carbons (Fsp3) is 0.300. The molecule has 194 valence electrons. The monoisotopic (exact) mass is 508 g/mol. The molecule has 1 aliphatic rings. The fourth-order valence-electron chi connectivity index (χ4n) is 5.26. The van der Waals surface area contributed by atoms with Gasteiger partial charge in [-0.2, -0.15) is 0 Å². The summed E-state index contributed by atoms with van der Waals surface area (Å²) >= 11 is 0. The van der Waals surface area contributed by atoms with Crippen molar-refractivity contribution in [1.82, 2.24) is 19.5 Å². The van der Waals surface area contributed by atoms with Gasteiger partial charge in [0.15, 0.2) is 0 Å². The molecule has 1 fully saturated rings. The molecule has 1 aliphatic heterocycles. The minimum atomic E-state index is 0.473. The lowest BCUT2D eigenvalue weighted by Crippen LogP contribution is -2.43. The van der Waals surface area contributed by atoms with Gasteiger partial charge in [-0.05, 0) is 55.3 Å². The van der Waals surface area contributed by atoms with Gasteiger partial charge in [0.25, 0.3) is 0 Å². The van der Waals surface area contributed by atoms with Gasteiger partial charge >= 0.3 is 0 Å². The SMILES string of the molecule is COCCOc1ccc2c(c1)ncn2-c1ccc2cccc(N3CCC(N(C)c4ccccn4)CC3)c2n1. The van der Waals surface area contributed by atoms with E-state index in [1.165, 1.54) is 5.69 Å². The summed E-state index contributed by atoms with van der Waals surface area (Å²) in [6.07, 6.45) is 5.84. The number of hydrogen-bond donors (Lipinski definition) is 0. The zero-order valence-electron chi connectivity index (χ0n) is 21.8. The van der Waals surface area contributed by atoms with Crippen LogP contribution in [0.4, 0.5) is 11.5 Å². The smallest absolute Gasteiger partial charge is 0.139 e. The lowest BCUT2D eigenvalue weighted by molar-refractivity contribution is 0.146. The fourth-order valence-corrected chi connectivity index (χ4v) is 5.26. The molecule has 0 unspecified atom stereocenters. The Morgan fingerprint density at radius 2 is 1.84 bits per heavy atom. The number of aromatic nitrogens is 4. The van der Waals surface area contributed by atoms with Crippen LogP contribution in [0.15, 0.2) is 79.3 Å². The van der Waals surface area contributed by atoms with Gasteiger partial charge in [0.2, 0.25) is 0 Å². The second kappa shape index (κ2) is 10.7. The number of para-hydroxylation sites is 1. The van der Waals surface area contributed by atoms with E-state index in [4.69, 9.17) is 14.5 Å². The van der Waals surface area contributed by atoms with Crippen LogP contribution in [0.2, 0.25) is 0 Å². The first-order valence-corrected chi connectivity index (χ1v) is 13.1. The van der Waals surface area contributed by atoms with Gasteiger partial charge in [-0.15, -0.1) is 0 Å². The van der Waals surface area contributed by atoms with Crippen LogP contribution in [0.1, 0.15) is 12.8 Å². The standard InChI is InChI=1S/C30H32N6O2/c1-34(28-8-3-4-15-31-28)23-13-16-35(17-14-23)27-7-5-6-22-9-12-29(33-30(22)27)36-21-32-25-20-24(10-11-26(25)36)38-19-18-37-2/h3-12,15,20-21,23H,13-14,16-19H2,1-2H3. The van der Waals surface area contributed by atoms with E-state index in [9.17, 15) is 0 Å². The maximum Gasteiger partial charge on any atom is 0.139 e. The summed E-state index contributed by atoms with van der Waals surface area (Å²) in [6, 6.07) is 23.2. The molecule has 0 N–H and O–H groups in total. The molecule has 1 saturated heterocycles. The van der Waals surface area contributed by atoms with Crippen LogP contribution in [0.25, 0.3) is 27.8 Å². The molecular weight excluding hydrogens is 476 g/mol. The van der Waals surface area contributed by atoms with Crippen molar-refractivity contribution < 1.29 is 9.47 Å². The first-order valence-electron chi connectivity index (χ1n) is 13.1. The van der Waals surface area contributed by atoms with Crippen LogP contribution in [0.5, 0.6) is 5.75 Å². The molecule has 0 atom stereocenters. The van der Waals surface area contributed by atoms with E-state index in [2.05, 4.69) is 63.2 Å². The Hall–Kier alpha value is -4.17. The van der Waals surface area contributed by atoms with Crippen molar-refractivity contribution in [1.29, 1.82) is 0 Å². The third-order valence-corrected chi connectivity index (χ3v) is 7.37. The molecule has 0 bridgehead atoms. The van der Waals surface area contributed by atoms with E-state index >= 15 is 0 Å². The number of methoxy groups -OCH3 is 1. The molecule has 8 nitrogen and oxygen atoms in total. The number of nitrogens with zero attached hydrogens (tertiary/aromatic N) is 6. The third kappa shape index (κ3) is 4.75. The largest absolute Gasteiger partial charge is 0.491 e. The molecule has 3 aromatic heterocycles. The van der Waals surface area contributed by atoms with Crippen LogP contribution in [0, 0.1) is 0 Å². The van der Waals surface area contributed by atoms with Crippen molar-refractivity contribution in [3.63, 3.8) is 0 Å². The lowest BCUT2D eigenvalue weighted by Gasteiger charge is -2.38. The molecule has 5 aromatic rings. The highest BCUT2D eigenvalue weighted by Crippen LogP contribution is 2.31. The summed E-state index contributed by atoms with van der Waals surface area (Å²) in [7, 11) is 3.82. The highest BCUT2D eigenvalue weighted by molar-refractivity contribution is 5.92.